The van der Waals surface area contributed by atoms with Crippen molar-refractivity contribution < 1.29 is 18.3 Å². The largest absolute Gasteiger partial charge is 0.465 e. The Hall–Kier alpha value is -2.74. The predicted molar refractivity (Wildman–Crippen MR) is 108 cm³/mol. The lowest BCUT2D eigenvalue weighted by atomic mass is 9.95. The van der Waals surface area contributed by atoms with Crippen LogP contribution in [0, 0.1) is 5.92 Å². The van der Waals surface area contributed by atoms with Crippen LogP contribution < -0.4 is 8.61 Å². The van der Waals surface area contributed by atoms with Gasteiger partial charge in [0, 0.05) is 19.6 Å². The number of hydrogen-bond donors (Lipinski definition) is 1. The van der Waals surface area contributed by atoms with E-state index in [0.717, 1.165) is 12.8 Å². The molecule has 0 unspecified atom stereocenters. The van der Waals surface area contributed by atoms with Gasteiger partial charge in [0.05, 0.1) is 17.1 Å². The summed E-state index contributed by atoms with van der Waals surface area (Å²) < 4.78 is 29.5. The molecule has 1 N–H and O–H groups in total. The van der Waals surface area contributed by atoms with Gasteiger partial charge in [0.15, 0.2) is 0 Å². The highest BCUT2D eigenvalue weighted by molar-refractivity contribution is 7.95. The highest BCUT2D eigenvalue weighted by Crippen LogP contribution is 2.45. The molecule has 0 aliphatic carbocycles. The summed E-state index contributed by atoms with van der Waals surface area (Å²) in [5.74, 6) is 0.165. The SMILES string of the molecule is O=C(O)N1CCC[C@@H](CCN2c3ccccc3N(c3ccccc3)S2(=O)=O)C1. The molecular formula is C20H23N3O4S. The number of carboxylic acid groups (broad SMARTS) is 1. The Morgan fingerprint density at radius 3 is 2.43 bits per heavy atom. The zero-order valence-electron chi connectivity index (χ0n) is 15.4. The molecule has 1 amide bonds. The van der Waals surface area contributed by atoms with Crippen LogP contribution in [0.1, 0.15) is 19.3 Å². The van der Waals surface area contributed by atoms with Crippen LogP contribution in [0.2, 0.25) is 0 Å². The number of nitrogens with zero attached hydrogens (tertiary/aromatic N) is 3. The number of hydrogen-bond acceptors (Lipinski definition) is 3. The second-order valence-electron chi connectivity index (χ2n) is 7.19. The molecule has 0 bridgehead atoms. The monoisotopic (exact) mass is 401 g/mol. The van der Waals surface area contributed by atoms with Gasteiger partial charge in [-0.2, -0.15) is 8.42 Å². The van der Waals surface area contributed by atoms with E-state index in [1.54, 1.807) is 12.1 Å². The number of fused-ring (bicyclic) bond motifs is 1. The first kappa shape index (κ1) is 18.6. The Morgan fingerprint density at radius 1 is 1.04 bits per heavy atom. The van der Waals surface area contributed by atoms with E-state index in [9.17, 15) is 18.3 Å². The number of amides is 1. The lowest BCUT2D eigenvalue weighted by Crippen LogP contribution is -2.41. The van der Waals surface area contributed by atoms with E-state index in [1.807, 2.05) is 42.5 Å². The van der Waals surface area contributed by atoms with Crippen LogP contribution in [0.5, 0.6) is 0 Å². The molecule has 0 aromatic heterocycles. The van der Waals surface area contributed by atoms with E-state index >= 15 is 0 Å². The molecule has 0 saturated carbocycles. The van der Waals surface area contributed by atoms with Crippen molar-refractivity contribution in [3.63, 3.8) is 0 Å². The van der Waals surface area contributed by atoms with Gasteiger partial charge in [-0.3, -0.25) is 4.31 Å². The summed E-state index contributed by atoms with van der Waals surface area (Å²) >= 11 is 0. The molecule has 148 valence electrons. The van der Waals surface area contributed by atoms with Gasteiger partial charge in [0.2, 0.25) is 0 Å². The van der Waals surface area contributed by atoms with Crippen LogP contribution >= 0.6 is 0 Å². The quantitative estimate of drug-likeness (QED) is 0.848. The zero-order chi connectivity index (χ0) is 19.7. The van der Waals surface area contributed by atoms with Crippen molar-refractivity contribution >= 4 is 33.4 Å². The maximum atomic E-state index is 13.3. The summed E-state index contributed by atoms with van der Waals surface area (Å²) in [5.41, 5.74) is 1.91. The standard InChI is InChI=1S/C20H23N3O4S/c24-20(25)21-13-6-7-16(15-21)12-14-22-18-10-4-5-11-19(18)23(28(22,26)27)17-8-2-1-3-9-17/h1-5,8-11,16H,6-7,12-15H2,(H,24,25)/t16-/m0/s1. The Balaban J connectivity index is 1.58. The molecule has 7 nitrogen and oxygen atoms in total. The number of benzene rings is 2. The number of para-hydroxylation sites is 3. The van der Waals surface area contributed by atoms with Crippen molar-refractivity contribution in [3.05, 3.63) is 54.6 Å². The van der Waals surface area contributed by atoms with Crippen molar-refractivity contribution in [1.82, 2.24) is 4.90 Å². The second kappa shape index (κ2) is 7.35. The summed E-state index contributed by atoms with van der Waals surface area (Å²) in [5, 5.41) is 9.22. The molecule has 0 radical (unpaired) electrons. The fourth-order valence-corrected chi connectivity index (χ4v) is 5.77. The summed E-state index contributed by atoms with van der Waals surface area (Å²) in [6, 6.07) is 16.4. The molecule has 2 aliphatic rings. The third-order valence-corrected chi connectivity index (χ3v) is 7.20. The average molecular weight is 401 g/mol. The van der Waals surface area contributed by atoms with Gasteiger partial charge in [-0.15, -0.1) is 0 Å². The van der Waals surface area contributed by atoms with Gasteiger partial charge in [0.25, 0.3) is 0 Å². The minimum atomic E-state index is -3.73. The van der Waals surface area contributed by atoms with Gasteiger partial charge in [-0.1, -0.05) is 30.3 Å². The van der Waals surface area contributed by atoms with Crippen LogP contribution in [0.15, 0.2) is 54.6 Å². The maximum absolute atomic E-state index is 13.3. The number of rotatable bonds is 4. The summed E-state index contributed by atoms with van der Waals surface area (Å²) in [6.45, 7) is 1.35. The molecule has 1 saturated heterocycles. The Kier molecular flexibility index (Phi) is 4.89. The lowest BCUT2D eigenvalue weighted by molar-refractivity contribution is 0.119. The third-order valence-electron chi connectivity index (χ3n) is 5.40. The van der Waals surface area contributed by atoms with Crippen LogP contribution in [0.25, 0.3) is 0 Å². The predicted octanol–water partition coefficient (Wildman–Crippen LogP) is 3.67. The minimum Gasteiger partial charge on any atom is -0.465 e. The summed E-state index contributed by atoms with van der Waals surface area (Å²) in [4.78, 5) is 12.7. The molecule has 2 aromatic carbocycles. The van der Waals surface area contributed by atoms with E-state index in [2.05, 4.69) is 0 Å². The smallest absolute Gasteiger partial charge is 0.407 e. The molecule has 4 rings (SSSR count). The van der Waals surface area contributed by atoms with Crippen molar-refractivity contribution in [2.75, 3.05) is 28.2 Å². The molecule has 0 spiro atoms. The number of likely N-dealkylation sites (tertiary alicyclic amines) is 1. The van der Waals surface area contributed by atoms with Crippen LogP contribution in [0.3, 0.4) is 0 Å². The highest BCUT2D eigenvalue weighted by atomic mass is 32.2. The second-order valence-corrected chi connectivity index (χ2v) is 8.90. The molecule has 2 heterocycles. The first-order valence-electron chi connectivity index (χ1n) is 9.43. The lowest BCUT2D eigenvalue weighted by Gasteiger charge is -2.31. The fraction of sp³-hybridized carbons (Fsp3) is 0.350. The van der Waals surface area contributed by atoms with Gasteiger partial charge in [-0.25, -0.2) is 9.10 Å². The number of carbonyl (C=O) groups is 1. The molecule has 28 heavy (non-hydrogen) atoms. The minimum absolute atomic E-state index is 0.165. The normalized spacial score (nSPS) is 20.9. The van der Waals surface area contributed by atoms with Gasteiger partial charge in [0.1, 0.15) is 0 Å². The molecule has 8 heteroatoms. The third kappa shape index (κ3) is 3.28. The van der Waals surface area contributed by atoms with Crippen LogP contribution in [0.4, 0.5) is 21.9 Å². The maximum Gasteiger partial charge on any atom is 0.407 e. The number of anilines is 3. The van der Waals surface area contributed by atoms with Crippen LogP contribution in [-0.4, -0.2) is 44.2 Å². The van der Waals surface area contributed by atoms with E-state index in [1.165, 1.54) is 13.5 Å². The Bertz CT molecular complexity index is 964. The van der Waals surface area contributed by atoms with E-state index in [4.69, 9.17) is 0 Å². The molecular weight excluding hydrogens is 378 g/mol. The first-order chi connectivity index (χ1) is 13.5. The summed E-state index contributed by atoms with van der Waals surface area (Å²) in [6.07, 6.45) is 1.46. The van der Waals surface area contributed by atoms with Crippen molar-refractivity contribution in [3.8, 4) is 0 Å². The highest BCUT2D eigenvalue weighted by Gasteiger charge is 2.41. The van der Waals surface area contributed by atoms with Crippen molar-refractivity contribution in [2.45, 2.75) is 19.3 Å². The molecule has 1 atom stereocenters. The van der Waals surface area contributed by atoms with Crippen molar-refractivity contribution in [2.24, 2.45) is 5.92 Å². The zero-order valence-corrected chi connectivity index (χ0v) is 16.3. The average Bonchev–Trinajstić information content (AvgIpc) is 2.93. The fourth-order valence-electron chi connectivity index (χ4n) is 4.04. The van der Waals surface area contributed by atoms with E-state index in [0.29, 0.717) is 43.1 Å². The van der Waals surface area contributed by atoms with Crippen molar-refractivity contribution in [1.29, 1.82) is 0 Å². The number of piperidine rings is 1. The van der Waals surface area contributed by atoms with Gasteiger partial charge in [-0.05, 0) is 49.4 Å². The summed E-state index contributed by atoms with van der Waals surface area (Å²) in [7, 11) is -3.73. The Labute approximate surface area is 165 Å². The molecule has 2 aromatic rings. The molecule has 1 fully saturated rings. The molecule has 2 aliphatic heterocycles. The first-order valence-corrected chi connectivity index (χ1v) is 10.8. The van der Waals surface area contributed by atoms with Gasteiger partial charge >= 0.3 is 16.3 Å². The topological polar surface area (TPSA) is 81.2 Å². The van der Waals surface area contributed by atoms with Gasteiger partial charge < -0.3 is 10.0 Å². The van der Waals surface area contributed by atoms with Crippen LogP contribution in [-0.2, 0) is 10.2 Å². The Morgan fingerprint density at radius 2 is 1.71 bits per heavy atom. The van der Waals surface area contributed by atoms with E-state index < -0.39 is 16.3 Å². The van der Waals surface area contributed by atoms with E-state index in [-0.39, 0.29) is 5.92 Å².